The van der Waals surface area contributed by atoms with Crippen LogP contribution in [0, 0.1) is 5.41 Å². The van der Waals surface area contributed by atoms with E-state index in [1.807, 2.05) is 24.0 Å². The molecule has 1 N–H and O–H groups in total. The number of benzene rings is 1. The van der Waals surface area contributed by atoms with Crippen molar-refractivity contribution >= 4 is 17.4 Å². The fourth-order valence-corrected chi connectivity index (χ4v) is 4.93. The van der Waals surface area contributed by atoms with E-state index in [0.717, 1.165) is 41.7 Å². The summed E-state index contributed by atoms with van der Waals surface area (Å²) in [7, 11) is 2.15. The number of rotatable bonds is 3. The minimum absolute atomic E-state index is 0.112. The van der Waals surface area contributed by atoms with E-state index < -0.39 is 0 Å². The van der Waals surface area contributed by atoms with Crippen molar-refractivity contribution in [2.75, 3.05) is 31.6 Å². The van der Waals surface area contributed by atoms with Gasteiger partial charge < -0.3 is 19.0 Å². The van der Waals surface area contributed by atoms with Crippen LogP contribution in [-0.2, 0) is 4.79 Å². The van der Waals surface area contributed by atoms with Gasteiger partial charge in [0.1, 0.15) is 24.2 Å². The van der Waals surface area contributed by atoms with Crippen molar-refractivity contribution in [1.82, 2.24) is 10.3 Å². The van der Waals surface area contributed by atoms with Gasteiger partial charge >= 0.3 is 0 Å². The predicted molar refractivity (Wildman–Crippen MR) is 111 cm³/mol. The summed E-state index contributed by atoms with van der Waals surface area (Å²) < 4.78 is 11.8. The number of amides is 1. The molecule has 7 heteroatoms. The van der Waals surface area contributed by atoms with Crippen LogP contribution in [0.1, 0.15) is 32.3 Å². The van der Waals surface area contributed by atoms with Gasteiger partial charge in [0.15, 0.2) is 5.84 Å². The van der Waals surface area contributed by atoms with Gasteiger partial charge in [0.2, 0.25) is 0 Å². The number of carbonyl (C=O) groups excluding carboxylic acids is 1. The maximum absolute atomic E-state index is 12.3. The van der Waals surface area contributed by atoms with Gasteiger partial charge in [0, 0.05) is 18.7 Å². The van der Waals surface area contributed by atoms with E-state index >= 15 is 0 Å². The van der Waals surface area contributed by atoms with Crippen LogP contribution in [0.25, 0.3) is 11.3 Å². The van der Waals surface area contributed by atoms with Gasteiger partial charge in [-0.25, -0.2) is 5.43 Å². The summed E-state index contributed by atoms with van der Waals surface area (Å²) in [6.45, 7) is 8.94. The van der Waals surface area contributed by atoms with Crippen LogP contribution in [0.3, 0.4) is 0 Å². The predicted octanol–water partition coefficient (Wildman–Crippen LogP) is 3.03. The summed E-state index contributed by atoms with van der Waals surface area (Å²) in [6, 6.07) is 7.78. The van der Waals surface area contributed by atoms with E-state index in [1.165, 1.54) is 5.56 Å². The van der Waals surface area contributed by atoms with E-state index in [4.69, 9.17) is 9.15 Å². The second kappa shape index (κ2) is 6.35. The molecule has 1 amide bonds. The van der Waals surface area contributed by atoms with Crippen LogP contribution in [0.5, 0.6) is 5.75 Å². The van der Waals surface area contributed by atoms with Crippen LogP contribution < -0.4 is 15.1 Å². The van der Waals surface area contributed by atoms with Gasteiger partial charge in [-0.2, -0.15) is 5.10 Å². The summed E-state index contributed by atoms with van der Waals surface area (Å²) in [4.78, 5) is 16.6. The molecule has 3 aliphatic heterocycles. The lowest BCUT2D eigenvalue weighted by molar-refractivity contribution is -0.122. The van der Waals surface area contributed by atoms with Crippen LogP contribution in [0.15, 0.2) is 40.0 Å². The highest BCUT2D eigenvalue weighted by Crippen LogP contribution is 2.49. The molecule has 0 spiro atoms. The first kappa shape index (κ1) is 18.2. The molecule has 0 bridgehead atoms. The van der Waals surface area contributed by atoms with Gasteiger partial charge in [0.05, 0.1) is 12.0 Å². The molecule has 7 nitrogen and oxygen atoms in total. The quantitative estimate of drug-likeness (QED) is 0.867. The number of hydrazone groups is 1. The first-order valence-electron chi connectivity index (χ1n) is 10.1. The zero-order valence-corrected chi connectivity index (χ0v) is 17.2. The second-order valence-corrected chi connectivity index (χ2v) is 8.77. The molecule has 1 saturated heterocycles. The Morgan fingerprint density at radius 2 is 2.14 bits per heavy atom. The molecule has 2 aromatic rings. The summed E-state index contributed by atoms with van der Waals surface area (Å²) in [6.07, 6.45) is 1.70. The normalized spacial score (nSPS) is 23.9. The molecule has 1 aromatic carbocycles. The van der Waals surface area contributed by atoms with Gasteiger partial charge in [0.25, 0.3) is 5.91 Å². The van der Waals surface area contributed by atoms with Crippen molar-refractivity contribution < 1.29 is 13.9 Å². The number of nitrogens with one attached hydrogen (secondary N) is 1. The third-order valence-electron chi connectivity index (χ3n) is 6.65. The van der Waals surface area contributed by atoms with Crippen molar-refractivity contribution in [1.29, 1.82) is 0 Å². The van der Waals surface area contributed by atoms with Crippen LogP contribution in [-0.4, -0.2) is 49.4 Å². The number of hydrogen-bond donors (Lipinski definition) is 1. The van der Waals surface area contributed by atoms with E-state index in [2.05, 4.69) is 48.5 Å². The molecule has 1 aromatic heterocycles. The van der Waals surface area contributed by atoms with E-state index in [0.29, 0.717) is 12.5 Å². The van der Waals surface area contributed by atoms with Crippen molar-refractivity contribution in [2.45, 2.75) is 32.7 Å². The zero-order valence-electron chi connectivity index (χ0n) is 17.2. The number of hydrogen-bond acceptors (Lipinski definition) is 6. The van der Waals surface area contributed by atoms with Crippen LogP contribution >= 0.6 is 0 Å². The Hall–Kier alpha value is -2.80. The summed E-state index contributed by atoms with van der Waals surface area (Å²) in [5.41, 5.74) is 5.92. The summed E-state index contributed by atoms with van der Waals surface area (Å²) in [5.74, 6) is 2.50. The lowest BCUT2D eigenvalue weighted by Crippen LogP contribution is -2.56. The Morgan fingerprint density at radius 3 is 2.83 bits per heavy atom. The van der Waals surface area contributed by atoms with E-state index in [-0.39, 0.29) is 17.4 Å². The SMILES string of the molecule is C[C@@H]1C(=O)NN=C2COc3cc(-c4ccco4)c([C@@H](C)C4(C)CN(C)C4)cc3N21. The molecule has 3 aliphatic rings. The Kier molecular flexibility index (Phi) is 4.00. The highest BCUT2D eigenvalue weighted by molar-refractivity contribution is 6.09. The smallest absolute Gasteiger partial charge is 0.262 e. The average molecular weight is 394 g/mol. The molecule has 4 heterocycles. The minimum atomic E-state index is -0.340. The molecule has 1 fully saturated rings. The van der Waals surface area contributed by atoms with Gasteiger partial charge in [-0.3, -0.25) is 4.79 Å². The maximum Gasteiger partial charge on any atom is 0.262 e. The third kappa shape index (κ3) is 2.75. The summed E-state index contributed by atoms with van der Waals surface area (Å²) in [5, 5.41) is 4.21. The molecule has 0 saturated carbocycles. The third-order valence-corrected chi connectivity index (χ3v) is 6.65. The first-order chi connectivity index (χ1) is 13.9. The van der Waals surface area contributed by atoms with Crippen LogP contribution in [0.4, 0.5) is 5.69 Å². The molecule has 152 valence electrons. The minimum Gasteiger partial charge on any atom is -0.483 e. The molecule has 0 radical (unpaired) electrons. The standard InChI is InChI=1S/C22H26N4O3/c1-13(22(3)11-25(4)12-22)15-8-17-19(9-16(15)18-6-5-7-28-18)29-10-20-23-24-21(27)14(2)26(17)20/h5-9,13-14H,10-12H2,1-4H3,(H,24,27)/t13-,14-/m1/s1. The van der Waals surface area contributed by atoms with Gasteiger partial charge in [-0.05, 0) is 55.1 Å². The molecule has 29 heavy (non-hydrogen) atoms. The number of carbonyl (C=O) groups is 1. The second-order valence-electron chi connectivity index (χ2n) is 8.77. The first-order valence-corrected chi connectivity index (χ1v) is 10.1. The Labute approximate surface area is 170 Å². The lowest BCUT2D eigenvalue weighted by Gasteiger charge is -2.50. The maximum atomic E-state index is 12.3. The number of anilines is 1. The zero-order chi connectivity index (χ0) is 20.3. The van der Waals surface area contributed by atoms with Crippen molar-refractivity contribution in [3.05, 3.63) is 36.1 Å². The van der Waals surface area contributed by atoms with Gasteiger partial charge in [-0.1, -0.05) is 13.8 Å². The Morgan fingerprint density at radius 1 is 1.34 bits per heavy atom. The molecule has 5 rings (SSSR count). The highest BCUT2D eigenvalue weighted by Gasteiger charge is 2.43. The Balaban J connectivity index is 1.66. The molecular weight excluding hydrogens is 368 g/mol. The monoisotopic (exact) mass is 394 g/mol. The largest absolute Gasteiger partial charge is 0.483 e. The number of ether oxygens (including phenoxy) is 1. The Bertz CT molecular complexity index is 992. The molecule has 2 atom stereocenters. The number of fused-ring (bicyclic) bond motifs is 3. The topological polar surface area (TPSA) is 70.3 Å². The fraction of sp³-hybridized carbons (Fsp3) is 0.455. The van der Waals surface area contributed by atoms with Crippen molar-refractivity contribution in [3.8, 4) is 17.1 Å². The van der Waals surface area contributed by atoms with E-state index in [9.17, 15) is 4.79 Å². The number of nitrogens with zero attached hydrogens (tertiary/aromatic N) is 3. The number of amidine groups is 1. The van der Waals surface area contributed by atoms with Crippen molar-refractivity contribution in [2.24, 2.45) is 10.5 Å². The van der Waals surface area contributed by atoms with E-state index in [1.54, 1.807) is 6.26 Å². The highest BCUT2D eigenvalue weighted by atomic mass is 16.5. The molecule has 0 aliphatic carbocycles. The van der Waals surface area contributed by atoms with Gasteiger partial charge in [-0.15, -0.1) is 0 Å². The van der Waals surface area contributed by atoms with Crippen molar-refractivity contribution in [3.63, 3.8) is 0 Å². The molecule has 0 unspecified atom stereocenters. The average Bonchev–Trinajstić information content (AvgIpc) is 3.22. The number of likely N-dealkylation sites (tertiary alicyclic amines) is 1. The number of furan rings is 1. The molecular formula is C22H26N4O3. The van der Waals surface area contributed by atoms with Crippen LogP contribution in [0.2, 0.25) is 0 Å². The summed E-state index contributed by atoms with van der Waals surface area (Å²) >= 11 is 0. The lowest BCUT2D eigenvalue weighted by atomic mass is 9.68. The fourth-order valence-electron chi connectivity index (χ4n) is 4.93.